The first-order valence-electron chi connectivity index (χ1n) is 7.03. The second kappa shape index (κ2) is 5.72. The van der Waals surface area contributed by atoms with Crippen molar-refractivity contribution in [2.75, 3.05) is 13.1 Å². The first-order valence-corrected chi connectivity index (χ1v) is 7.91. The zero-order valence-corrected chi connectivity index (χ0v) is 12.9. The van der Waals surface area contributed by atoms with Gasteiger partial charge in [0, 0.05) is 36.1 Å². The Hall–Kier alpha value is -0.380. The average Bonchev–Trinajstić information content (AvgIpc) is 2.80. The van der Waals surface area contributed by atoms with Crippen molar-refractivity contribution in [1.82, 2.24) is 10.2 Å². The summed E-state index contributed by atoms with van der Waals surface area (Å²) in [6.07, 6.45) is 1.26. The largest absolute Gasteiger partial charge is 0.309 e. The molecule has 0 amide bonds. The van der Waals surface area contributed by atoms with Gasteiger partial charge < -0.3 is 5.32 Å². The van der Waals surface area contributed by atoms with E-state index < -0.39 is 0 Å². The summed E-state index contributed by atoms with van der Waals surface area (Å²) in [5, 5.41) is 5.88. The lowest BCUT2D eigenvalue weighted by Crippen LogP contribution is -2.62. The maximum Gasteiger partial charge on any atom is 0.0332 e. The van der Waals surface area contributed by atoms with Crippen LogP contribution in [0, 0.1) is 5.92 Å². The van der Waals surface area contributed by atoms with Gasteiger partial charge in [-0.1, -0.05) is 26.3 Å². The highest BCUT2D eigenvalue weighted by Gasteiger charge is 2.34. The van der Waals surface area contributed by atoms with E-state index in [1.165, 1.54) is 11.3 Å². The minimum Gasteiger partial charge on any atom is -0.309 e. The first kappa shape index (κ1) is 14.0. The number of nitrogens with zero attached hydrogens (tertiary/aromatic N) is 1. The van der Waals surface area contributed by atoms with Crippen molar-refractivity contribution in [3.8, 4) is 0 Å². The third kappa shape index (κ3) is 3.34. The Morgan fingerprint density at radius 1 is 1.56 bits per heavy atom. The number of piperazine rings is 1. The van der Waals surface area contributed by atoms with Gasteiger partial charge in [0.15, 0.2) is 0 Å². The van der Waals surface area contributed by atoms with Gasteiger partial charge in [0.25, 0.3) is 0 Å². The van der Waals surface area contributed by atoms with Crippen LogP contribution in [0.15, 0.2) is 17.5 Å². The predicted molar refractivity (Wildman–Crippen MR) is 80.1 cm³/mol. The van der Waals surface area contributed by atoms with Crippen LogP contribution in [-0.4, -0.2) is 29.6 Å². The number of hydrogen-bond acceptors (Lipinski definition) is 3. The third-order valence-electron chi connectivity index (χ3n) is 4.10. The highest BCUT2D eigenvalue weighted by Crippen LogP contribution is 2.25. The van der Waals surface area contributed by atoms with Crippen LogP contribution in [0.3, 0.4) is 0 Å². The summed E-state index contributed by atoms with van der Waals surface area (Å²) in [7, 11) is 0. The number of nitrogens with one attached hydrogen (secondary N) is 1. The number of thiophene rings is 1. The minimum absolute atomic E-state index is 0.237. The molecule has 0 bridgehead atoms. The number of hydrogen-bond donors (Lipinski definition) is 1. The fourth-order valence-electron chi connectivity index (χ4n) is 2.80. The van der Waals surface area contributed by atoms with E-state index in [0.29, 0.717) is 6.04 Å². The SMILES string of the molecule is CCC(C)C1CNC(C)(C)CN1Cc1cccs1. The van der Waals surface area contributed by atoms with Gasteiger partial charge in [0.2, 0.25) is 0 Å². The molecule has 2 nitrogen and oxygen atoms in total. The molecule has 0 saturated carbocycles. The molecule has 18 heavy (non-hydrogen) atoms. The Bertz CT molecular complexity index is 359. The molecule has 3 heteroatoms. The Balaban J connectivity index is 2.09. The van der Waals surface area contributed by atoms with Crippen molar-refractivity contribution in [1.29, 1.82) is 0 Å². The molecule has 1 N–H and O–H groups in total. The minimum atomic E-state index is 0.237. The molecule has 0 aromatic carbocycles. The molecule has 2 rings (SSSR count). The highest BCUT2D eigenvalue weighted by atomic mass is 32.1. The molecule has 0 aliphatic carbocycles. The second-order valence-electron chi connectivity index (χ2n) is 6.20. The topological polar surface area (TPSA) is 15.3 Å². The summed E-state index contributed by atoms with van der Waals surface area (Å²) in [6.45, 7) is 12.7. The molecule has 1 fully saturated rings. The fourth-order valence-corrected chi connectivity index (χ4v) is 3.53. The third-order valence-corrected chi connectivity index (χ3v) is 4.96. The lowest BCUT2D eigenvalue weighted by atomic mass is 9.91. The molecule has 1 aromatic heterocycles. The van der Waals surface area contributed by atoms with Crippen molar-refractivity contribution in [2.45, 2.75) is 52.2 Å². The molecule has 0 spiro atoms. The molecular formula is C15H26N2S. The van der Waals surface area contributed by atoms with E-state index >= 15 is 0 Å². The number of rotatable bonds is 4. The summed E-state index contributed by atoms with van der Waals surface area (Å²) in [5.41, 5.74) is 0.237. The van der Waals surface area contributed by atoms with Crippen LogP contribution in [-0.2, 0) is 6.54 Å². The van der Waals surface area contributed by atoms with Crippen molar-refractivity contribution >= 4 is 11.3 Å². The van der Waals surface area contributed by atoms with Crippen LogP contribution in [0.4, 0.5) is 0 Å². The summed E-state index contributed by atoms with van der Waals surface area (Å²) in [6, 6.07) is 5.09. The molecule has 1 aliphatic heterocycles. The molecule has 2 heterocycles. The average molecular weight is 266 g/mol. The van der Waals surface area contributed by atoms with Gasteiger partial charge >= 0.3 is 0 Å². The van der Waals surface area contributed by atoms with Gasteiger partial charge in [-0.25, -0.2) is 0 Å². The summed E-state index contributed by atoms with van der Waals surface area (Å²) >= 11 is 1.88. The molecule has 1 saturated heterocycles. The molecule has 2 atom stereocenters. The van der Waals surface area contributed by atoms with Crippen LogP contribution >= 0.6 is 11.3 Å². The predicted octanol–water partition coefficient (Wildman–Crippen LogP) is 3.35. The van der Waals surface area contributed by atoms with E-state index in [9.17, 15) is 0 Å². The van der Waals surface area contributed by atoms with Gasteiger partial charge in [0.1, 0.15) is 0 Å². The van der Waals surface area contributed by atoms with Gasteiger partial charge in [-0.2, -0.15) is 0 Å². The summed E-state index contributed by atoms with van der Waals surface area (Å²) < 4.78 is 0. The lowest BCUT2D eigenvalue weighted by Gasteiger charge is -2.46. The van der Waals surface area contributed by atoms with E-state index in [1.807, 2.05) is 11.3 Å². The van der Waals surface area contributed by atoms with Gasteiger partial charge in [-0.3, -0.25) is 4.90 Å². The molecular weight excluding hydrogens is 240 g/mol. The van der Waals surface area contributed by atoms with Crippen molar-refractivity contribution in [2.24, 2.45) is 5.92 Å². The first-order chi connectivity index (χ1) is 8.52. The lowest BCUT2D eigenvalue weighted by molar-refractivity contribution is 0.0580. The van der Waals surface area contributed by atoms with Crippen LogP contribution in [0.25, 0.3) is 0 Å². The maximum absolute atomic E-state index is 3.69. The fraction of sp³-hybridized carbons (Fsp3) is 0.733. The highest BCUT2D eigenvalue weighted by molar-refractivity contribution is 7.09. The zero-order chi connectivity index (χ0) is 13.2. The molecule has 1 aliphatic rings. The van der Waals surface area contributed by atoms with Crippen LogP contribution < -0.4 is 5.32 Å². The molecule has 1 aromatic rings. The monoisotopic (exact) mass is 266 g/mol. The van der Waals surface area contributed by atoms with Gasteiger partial charge in [-0.05, 0) is 31.2 Å². The second-order valence-corrected chi connectivity index (χ2v) is 7.23. The maximum atomic E-state index is 3.69. The van der Waals surface area contributed by atoms with E-state index in [4.69, 9.17) is 0 Å². The van der Waals surface area contributed by atoms with Crippen molar-refractivity contribution in [3.63, 3.8) is 0 Å². The zero-order valence-electron chi connectivity index (χ0n) is 12.1. The standard InChI is InChI=1S/C15H26N2S/c1-5-12(2)14-9-16-15(3,4)11-17(14)10-13-7-6-8-18-13/h6-8,12,14,16H,5,9-11H2,1-4H3. The summed E-state index contributed by atoms with van der Waals surface area (Å²) in [5.74, 6) is 0.758. The van der Waals surface area contributed by atoms with Crippen molar-refractivity contribution in [3.05, 3.63) is 22.4 Å². The molecule has 102 valence electrons. The summed E-state index contributed by atoms with van der Waals surface area (Å²) in [4.78, 5) is 4.16. The van der Waals surface area contributed by atoms with Gasteiger partial charge in [-0.15, -0.1) is 11.3 Å². The van der Waals surface area contributed by atoms with E-state index in [2.05, 4.69) is 55.4 Å². The quantitative estimate of drug-likeness (QED) is 0.899. The molecule has 2 unspecified atom stereocenters. The normalized spacial score (nSPS) is 26.1. The Morgan fingerprint density at radius 2 is 2.33 bits per heavy atom. The Labute approximate surface area is 115 Å². The van der Waals surface area contributed by atoms with E-state index in [-0.39, 0.29) is 5.54 Å². The van der Waals surface area contributed by atoms with Gasteiger partial charge in [0.05, 0.1) is 0 Å². The van der Waals surface area contributed by atoms with Crippen LogP contribution in [0.2, 0.25) is 0 Å². The van der Waals surface area contributed by atoms with Crippen LogP contribution in [0.5, 0.6) is 0 Å². The van der Waals surface area contributed by atoms with Crippen molar-refractivity contribution < 1.29 is 0 Å². The Morgan fingerprint density at radius 3 is 2.94 bits per heavy atom. The molecule has 0 radical (unpaired) electrons. The van der Waals surface area contributed by atoms with E-state index in [0.717, 1.165) is 25.6 Å². The Kier molecular flexibility index (Phi) is 4.46. The van der Waals surface area contributed by atoms with Crippen LogP contribution in [0.1, 0.15) is 39.0 Å². The van der Waals surface area contributed by atoms with E-state index in [1.54, 1.807) is 0 Å². The smallest absolute Gasteiger partial charge is 0.0332 e.